The number of para-hydroxylation sites is 1. The van der Waals surface area contributed by atoms with Crippen LogP contribution in [0, 0.1) is 17.0 Å². The SMILES string of the molecule is Cc1c(CNC(=O)c2cccc([N+](=O)[O-])c2O)cnn1C. The maximum Gasteiger partial charge on any atom is 0.311 e. The van der Waals surface area contributed by atoms with E-state index in [1.54, 1.807) is 17.9 Å². The summed E-state index contributed by atoms with van der Waals surface area (Å²) in [5, 5.41) is 27.1. The minimum absolute atomic E-state index is 0.134. The van der Waals surface area contributed by atoms with E-state index in [-0.39, 0.29) is 12.1 Å². The smallest absolute Gasteiger partial charge is 0.311 e. The Bertz CT molecular complexity index is 708. The molecule has 1 heterocycles. The van der Waals surface area contributed by atoms with Crippen LogP contribution in [-0.2, 0) is 13.6 Å². The van der Waals surface area contributed by atoms with Crippen LogP contribution in [0.25, 0.3) is 0 Å². The fourth-order valence-electron chi connectivity index (χ4n) is 1.85. The number of hydrogen-bond donors (Lipinski definition) is 2. The molecule has 0 saturated heterocycles. The van der Waals surface area contributed by atoms with Crippen molar-refractivity contribution in [1.82, 2.24) is 15.1 Å². The molecule has 0 aliphatic rings. The molecule has 1 aromatic heterocycles. The van der Waals surface area contributed by atoms with E-state index >= 15 is 0 Å². The Morgan fingerprint density at radius 2 is 2.24 bits per heavy atom. The molecule has 110 valence electrons. The number of nitro benzene ring substituents is 1. The lowest BCUT2D eigenvalue weighted by Crippen LogP contribution is -2.23. The third-order valence-corrected chi connectivity index (χ3v) is 3.23. The number of phenolic OH excluding ortho intramolecular Hbond substituents is 1. The number of aromatic hydroxyl groups is 1. The average molecular weight is 290 g/mol. The van der Waals surface area contributed by atoms with Crippen LogP contribution >= 0.6 is 0 Å². The lowest BCUT2D eigenvalue weighted by atomic mass is 10.1. The molecular formula is C13H14N4O4. The van der Waals surface area contributed by atoms with E-state index in [1.165, 1.54) is 12.1 Å². The molecule has 2 N–H and O–H groups in total. The summed E-state index contributed by atoms with van der Waals surface area (Å²) in [7, 11) is 1.78. The van der Waals surface area contributed by atoms with Crippen molar-refractivity contribution in [3.8, 4) is 5.75 Å². The molecule has 0 atom stereocenters. The summed E-state index contributed by atoms with van der Waals surface area (Å²) < 4.78 is 1.67. The number of phenols is 1. The molecule has 21 heavy (non-hydrogen) atoms. The van der Waals surface area contributed by atoms with Gasteiger partial charge in [0.25, 0.3) is 5.91 Å². The van der Waals surface area contributed by atoms with Crippen LogP contribution < -0.4 is 5.32 Å². The van der Waals surface area contributed by atoms with Crippen molar-refractivity contribution in [2.45, 2.75) is 13.5 Å². The molecule has 8 heteroatoms. The van der Waals surface area contributed by atoms with Crippen LogP contribution in [0.3, 0.4) is 0 Å². The van der Waals surface area contributed by atoms with E-state index in [1.807, 2.05) is 6.92 Å². The normalized spacial score (nSPS) is 10.4. The predicted molar refractivity (Wildman–Crippen MR) is 73.9 cm³/mol. The lowest BCUT2D eigenvalue weighted by molar-refractivity contribution is -0.385. The Morgan fingerprint density at radius 3 is 2.81 bits per heavy atom. The maximum absolute atomic E-state index is 12.0. The molecule has 8 nitrogen and oxygen atoms in total. The number of nitrogens with one attached hydrogen (secondary N) is 1. The van der Waals surface area contributed by atoms with Gasteiger partial charge in [0.15, 0.2) is 0 Å². The second-order valence-electron chi connectivity index (χ2n) is 4.49. The van der Waals surface area contributed by atoms with E-state index in [0.717, 1.165) is 17.3 Å². The van der Waals surface area contributed by atoms with Crippen LogP contribution in [0.1, 0.15) is 21.6 Å². The van der Waals surface area contributed by atoms with E-state index in [0.29, 0.717) is 0 Å². The molecule has 1 amide bonds. The number of hydrogen-bond acceptors (Lipinski definition) is 5. The highest BCUT2D eigenvalue weighted by molar-refractivity contribution is 5.98. The Balaban J connectivity index is 2.16. The average Bonchev–Trinajstić information content (AvgIpc) is 2.76. The molecule has 0 spiro atoms. The molecule has 1 aromatic carbocycles. The van der Waals surface area contributed by atoms with Gasteiger partial charge < -0.3 is 10.4 Å². The molecule has 0 bridgehead atoms. The first kappa shape index (κ1) is 14.5. The highest BCUT2D eigenvalue weighted by atomic mass is 16.6. The first-order valence-corrected chi connectivity index (χ1v) is 6.14. The van der Waals surface area contributed by atoms with Gasteiger partial charge in [-0.1, -0.05) is 6.07 Å². The summed E-state index contributed by atoms with van der Waals surface area (Å²) in [6.07, 6.45) is 1.63. The first-order chi connectivity index (χ1) is 9.91. The lowest BCUT2D eigenvalue weighted by Gasteiger charge is -2.07. The van der Waals surface area contributed by atoms with Gasteiger partial charge in [0, 0.05) is 30.9 Å². The van der Waals surface area contributed by atoms with Crippen molar-refractivity contribution in [2.24, 2.45) is 7.05 Å². The maximum atomic E-state index is 12.0. The molecule has 0 radical (unpaired) electrons. The summed E-state index contributed by atoms with van der Waals surface area (Å²) in [6.45, 7) is 2.08. The van der Waals surface area contributed by atoms with Gasteiger partial charge in [-0.05, 0) is 13.0 Å². The number of amides is 1. The molecule has 0 aliphatic heterocycles. The van der Waals surface area contributed by atoms with Crippen LogP contribution in [0.15, 0.2) is 24.4 Å². The zero-order valence-electron chi connectivity index (χ0n) is 11.5. The molecular weight excluding hydrogens is 276 g/mol. The molecule has 0 saturated carbocycles. The molecule has 2 rings (SSSR count). The van der Waals surface area contributed by atoms with Crippen molar-refractivity contribution in [2.75, 3.05) is 0 Å². The Hall–Kier alpha value is -2.90. The van der Waals surface area contributed by atoms with Crippen LogP contribution in [0.4, 0.5) is 5.69 Å². The second-order valence-corrected chi connectivity index (χ2v) is 4.49. The van der Waals surface area contributed by atoms with Gasteiger partial charge in [-0.15, -0.1) is 0 Å². The monoisotopic (exact) mass is 290 g/mol. The Labute approximate surface area is 120 Å². The highest BCUT2D eigenvalue weighted by Crippen LogP contribution is 2.29. The zero-order valence-corrected chi connectivity index (χ0v) is 11.5. The Kier molecular flexibility index (Phi) is 3.88. The number of aryl methyl sites for hydroxylation is 1. The minimum atomic E-state index is -0.739. The summed E-state index contributed by atoms with van der Waals surface area (Å²) in [5.41, 5.74) is 1.10. The third-order valence-electron chi connectivity index (χ3n) is 3.23. The number of carbonyl (C=O) groups excluding carboxylic acids is 1. The minimum Gasteiger partial charge on any atom is -0.502 e. The number of carbonyl (C=O) groups is 1. The number of nitrogens with zero attached hydrogens (tertiary/aromatic N) is 3. The van der Waals surface area contributed by atoms with Crippen LogP contribution in [0.2, 0.25) is 0 Å². The van der Waals surface area contributed by atoms with E-state index < -0.39 is 22.3 Å². The molecule has 0 aliphatic carbocycles. The van der Waals surface area contributed by atoms with Gasteiger partial charge in [0.1, 0.15) is 0 Å². The van der Waals surface area contributed by atoms with Crippen molar-refractivity contribution in [1.29, 1.82) is 0 Å². The number of nitro groups is 1. The molecule has 0 fully saturated rings. The van der Waals surface area contributed by atoms with Gasteiger partial charge in [-0.3, -0.25) is 19.6 Å². The second kappa shape index (κ2) is 5.61. The zero-order chi connectivity index (χ0) is 15.6. The first-order valence-electron chi connectivity index (χ1n) is 6.14. The number of rotatable bonds is 4. The van der Waals surface area contributed by atoms with Gasteiger partial charge >= 0.3 is 5.69 Å². The molecule has 2 aromatic rings. The Morgan fingerprint density at radius 1 is 1.52 bits per heavy atom. The summed E-state index contributed by atoms with van der Waals surface area (Å²) in [4.78, 5) is 22.0. The van der Waals surface area contributed by atoms with Gasteiger partial charge in [0.2, 0.25) is 5.75 Å². The van der Waals surface area contributed by atoms with Crippen molar-refractivity contribution in [3.05, 3.63) is 51.3 Å². The molecule has 0 unspecified atom stereocenters. The number of aromatic nitrogens is 2. The van der Waals surface area contributed by atoms with Gasteiger partial charge in [0.05, 0.1) is 16.7 Å². The largest absolute Gasteiger partial charge is 0.502 e. The highest BCUT2D eigenvalue weighted by Gasteiger charge is 2.20. The predicted octanol–water partition coefficient (Wildman–Crippen LogP) is 1.27. The number of benzene rings is 1. The van der Waals surface area contributed by atoms with Crippen LogP contribution in [0.5, 0.6) is 5.75 Å². The van der Waals surface area contributed by atoms with Crippen molar-refractivity contribution in [3.63, 3.8) is 0 Å². The van der Waals surface area contributed by atoms with E-state index in [2.05, 4.69) is 10.4 Å². The summed E-state index contributed by atoms with van der Waals surface area (Å²) in [6, 6.07) is 3.81. The fourth-order valence-corrected chi connectivity index (χ4v) is 1.85. The topological polar surface area (TPSA) is 110 Å². The summed E-state index contributed by atoms with van der Waals surface area (Å²) >= 11 is 0. The fraction of sp³-hybridized carbons (Fsp3) is 0.231. The van der Waals surface area contributed by atoms with Crippen molar-refractivity contribution >= 4 is 11.6 Å². The van der Waals surface area contributed by atoms with Crippen molar-refractivity contribution < 1.29 is 14.8 Å². The van der Waals surface area contributed by atoms with Gasteiger partial charge in [-0.25, -0.2) is 0 Å². The van der Waals surface area contributed by atoms with E-state index in [4.69, 9.17) is 0 Å². The standard InChI is InChI=1S/C13H14N4O4/c1-8-9(7-15-16(8)2)6-14-13(19)10-4-3-5-11(12(10)18)17(20)21/h3-5,7,18H,6H2,1-2H3,(H,14,19). The summed E-state index contributed by atoms with van der Waals surface area (Å²) in [5.74, 6) is -1.22. The van der Waals surface area contributed by atoms with Crippen LogP contribution in [-0.4, -0.2) is 25.7 Å². The van der Waals surface area contributed by atoms with E-state index in [9.17, 15) is 20.0 Å². The quantitative estimate of drug-likeness (QED) is 0.650. The third kappa shape index (κ3) is 2.83. The van der Waals surface area contributed by atoms with Gasteiger partial charge in [-0.2, -0.15) is 5.10 Å².